The van der Waals surface area contributed by atoms with E-state index in [1.54, 1.807) is 0 Å². The van der Waals surface area contributed by atoms with Gasteiger partial charge in [-0.15, -0.1) is 0 Å². The number of quaternary nitrogens is 1. The van der Waals surface area contributed by atoms with Crippen LogP contribution in [0.1, 0.15) is 52.2 Å². The molecular formula is C25H38ClNO2. The van der Waals surface area contributed by atoms with Crippen LogP contribution in [0.25, 0.3) is 0 Å². The molecule has 0 atom stereocenters. The van der Waals surface area contributed by atoms with Gasteiger partial charge in [0.15, 0.2) is 0 Å². The average Bonchev–Trinajstić information content (AvgIpc) is 2.57. The highest BCUT2D eigenvalue weighted by Crippen LogP contribution is 2.40. The van der Waals surface area contributed by atoms with E-state index >= 15 is 0 Å². The molecular weight excluding hydrogens is 382 g/mol. The molecule has 0 heterocycles. The zero-order valence-electron chi connectivity index (χ0n) is 19.2. The molecule has 2 rings (SSSR count). The van der Waals surface area contributed by atoms with E-state index in [9.17, 15) is 0 Å². The first-order chi connectivity index (χ1) is 13.0. The molecule has 0 radical (unpaired) electrons. The van der Waals surface area contributed by atoms with Crippen LogP contribution in [-0.4, -0.2) is 32.0 Å². The first kappa shape index (κ1) is 25.5. The quantitative estimate of drug-likeness (QED) is 0.353. The molecule has 0 bridgehead atoms. The highest BCUT2D eigenvalue weighted by molar-refractivity contribution is 5.39. The predicted molar refractivity (Wildman–Crippen MR) is 117 cm³/mol. The molecule has 4 heteroatoms. The van der Waals surface area contributed by atoms with Crippen molar-refractivity contribution in [1.82, 2.24) is 0 Å². The fraction of sp³-hybridized carbons (Fsp3) is 0.520. The number of halogens is 1. The molecule has 2 aromatic rings. The Labute approximate surface area is 184 Å². The van der Waals surface area contributed by atoms with E-state index in [1.165, 1.54) is 11.1 Å². The summed E-state index contributed by atoms with van der Waals surface area (Å²) in [6.45, 7) is 13.4. The number of rotatable bonds is 9. The predicted octanol–water partition coefficient (Wildman–Crippen LogP) is 2.99. The molecule has 3 nitrogen and oxygen atoms in total. The van der Waals surface area contributed by atoms with Crippen LogP contribution in [0.3, 0.4) is 0 Å². The molecule has 0 aliphatic rings. The average molecular weight is 420 g/mol. The lowest BCUT2D eigenvalue weighted by molar-refractivity contribution is -1.09. The zero-order chi connectivity index (χ0) is 20.8. The summed E-state index contributed by atoms with van der Waals surface area (Å²) in [5, 5.41) is 0. The summed E-state index contributed by atoms with van der Waals surface area (Å²) in [4.78, 5) is 6.07. The van der Waals surface area contributed by atoms with Crippen molar-refractivity contribution in [3.63, 3.8) is 0 Å². The van der Waals surface area contributed by atoms with Gasteiger partial charge < -0.3 is 17.1 Å². The fourth-order valence-electron chi connectivity index (χ4n) is 4.08. The van der Waals surface area contributed by atoms with E-state index < -0.39 is 0 Å². The first-order valence-corrected chi connectivity index (χ1v) is 10.2. The lowest BCUT2D eigenvalue weighted by atomic mass is 9.72. The van der Waals surface area contributed by atoms with E-state index in [2.05, 4.69) is 91.2 Å². The second kappa shape index (κ2) is 10.5. The van der Waals surface area contributed by atoms with Crippen molar-refractivity contribution in [3.8, 4) is 5.75 Å². The van der Waals surface area contributed by atoms with Crippen molar-refractivity contribution in [3.05, 3.63) is 65.7 Å². The lowest BCUT2D eigenvalue weighted by Gasteiger charge is -2.34. The minimum absolute atomic E-state index is 0. The Kier molecular flexibility index (Phi) is 9.20. The van der Waals surface area contributed by atoms with Gasteiger partial charge in [0.2, 0.25) is 0 Å². The van der Waals surface area contributed by atoms with Crippen LogP contribution in [-0.2, 0) is 16.8 Å². The van der Waals surface area contributed by atoms with Crippen LogP contribution in [0.5, 0.6) is 5.75 Å². The third-order valence-electron chi connectivity index (χ3n) is 4.78. The van der Waals surface area contributed by atoms with Crippen molar-refractivity contribution < 1.29 is 26.6 Å². The lowest BCUT2D eigenvalue weighted by Crippen LogP contribution is -3.00. The number of hydrogen-bond acceptors (Lipinski definition) is 2. The molecule has 0 unspecified atom stereocenters. The minimum atomic E-state index is 0. The maximum absolute atomic E-state index is 6.15. The van der Waals surface area contributed by atoms with Crippen LogP contribution >= 0.6 is 0 Å². The maximum atomic E-state index is 6.15. The van der Waals surface area contributed by atoms with Crippen LogP contribution < -0.4 is 17.1 Å². The van der Waals surface area contributed by atoms with Crippen molar-refractivity contribution in [1.29, 1.82) is 0 Å². The van der Waals surface area contributed by atoms with Gasteiger partial charge in [0.25, 0.3) is 0 Å². The van der Waals surface area contributed by atoms with Gasteiger partial charge in [0.1, 0.15) is 25.5 Å². The van der Waals surface area contributed by atoms with E-state index in [0.29, 0.717) is 17.9 Å². The summed E-state index contributed by atoms with van der Waals surface area (Å²) < 4.78 is 6.63. The smallest absolute Gasteiger partial charge is 0.140 e. The number of ether oxygens (including phenoxy) is 1. The van der Waals surface area contributed by atoms with Gasteiger partial charge in [-0.1, -0.05) is 83.1 Å². The number of hydrogen-bond donors (Lipinski definition) is 0. The van der Waals surface area contributed by atoms with Crippen molar-refractivity contribution in [2.75, 3.05) is 27.3 Å². The van der Waals surface area contributed by atoms with Gasteiger partial charge in [-0.25, -0.2) is 0 Å². The fourth-order valence-corrected chi connectivity index (χ4v) is 4.08. The molecule has 0 aliphatic carbocycles. The molecule has 2 aromatic carbocycles. The zero-order valence-corrected chi connectivity index (χ0v) is 19.9. The summed E-state index contributed by atoms with van der Waals surface area (Å²) in [6.07, 6.45) is 1.10. The van der Waals surface area contributed by atoms with Crippen LogP contribution in [0.4, 0.5) is 0 Å². The Balaban J connectivity index is 0.00000420. The monoisotopic (exact) mass is 419 g/mol. The van der Waals surface area contributed by atoms with Gasteiger partial charge in [-0.2, -0.15) is 9.48 Å². The number of hydroxylamine groups is 3. The molecule has 0 aromatic heterocycles. The molecule has 0 N–H and O–H groups in total. The normalized spacial score (nSPS) is 12.4. The molecule has 0 fully saturated rings. The summed E-state index contributed by atoms with van der Waals surface area (Å²) in [6, 6.07) is 18.8. The Morgan fingerprint density at radius 2 is 1.38 bits per heavy atom. The van der Waals surface area contributed by atoms with E-state index in [-0.39, 0.29) is 23.2 Å². The topological polar surface area (TPSA) is 18.5 Å². The van der Waals surface area contributed by atoms with Gasteiger partial charge in [-0.05, 0) is 28.9 Å². The Morgan fingerprint density at radius 3 is 2.00 bits per heavy atom. The van der Waals surface area contributed by atoms with E-state index in [0.717, 1.165) is 18.7 Å². The number of nitrogens with zero attached hydrogens (tertiary/aromatic N) is 1. The van der Waals surface area contributed by atoms with Crippen LogP contribution in [0, 0.1) is 5.41 Å². The second-order valence-electron chi connectivity index (χ2n) is 10.0. The Bertz CT molecular complexity index is 736. The third-order valence-corrected chi connectivity index (χ3v) is 4.78. The largest absolute Gasteiger partial charge is 1.00 e. The maximum Gasteiger partial charge on any atom is 0.140 e. The van der Waals surface area contributed by atoms with E-state index in [4.69, 9.17) is 9.57 Å². The van der Waals surface area contributed by atoms with Gasteiger partial charge in [-0.3, -0.25) is 0 Å². The standard InChI is InChI=1S/C25H38NO2.ClH/c1-24(2,3)20-25(4,5)22-15-11-12-16-23(22)27-17-18-28-26(6,7)19-21-13-9-8-10-14-21;/h8-16H,17-20H2,1-7H3;1H/q+1;/p-1. The summed E-state index contributed by atoms with van der Waals surface area (Å²) in [7, 11) is 4.15. The van der Waals surface area contributed by atoms with Crippen LogP contribution in [0.2, 0.25) is 0 Å². The van der Waals surface area contributed by atoms with Crippen LogP contribution in [0.15, 0.2) is 54.6 Å². The van der Waals surface area contributed by atoms with Gasteiger partial charge in [0, 0.05) is 5.56 Å². The van der Waals surface area contributed by atoms with Crippen molar-refractivity contribution >= 4 is 0 Å². The highest BCUT2D eigenvalue weighted by Gasteiger charge is 2.29. The Morgan fingerprint density at radius 1 is 0.793 bits per heavy atom. The summed E-state index contributed by atoms with van der Waals surface area (Å²) in [5.74, 6) is 0.966. The number of benzene rings is 2. The van der Waals surface area contributed by atoms with Gasteiger partial charge >= 0.3 is 0 Å². The minimum Gasteiger partial charge on any atom is -1.00 e. The SMILES string of the molecule is CC(C)(C)CC(C)(C)c1ccccc1OCCO[N+](C)(C)Cc1ccccc1.[Cl-]. The molecule has 0 amide bonds. The second-order valence-corrected chi connectivity index (χ2v) is 10.0. The summed E-state index contributed by atoms with van der Waals surface area (Å²) >= 11 is 0. The molecule has 0 aliphatic heterocycles. The van der Waals surface area contributed by atoms with Crippen molar-refractivity contribution in [2.24, 2.45) is 5.41 Å². The molecule has 162 valence electrons. The Hall–Kier alpha value is -1.55. The third kappa shape index (κ3) is 8.77. The van der Waals surface area contributed by atoms with E-state index in [1.807, 2.05) is 12.1 Å². The van der Waals surface area contributed by atoms with Gasteiger partial charge in [0.05, 0.1) is 14.1 Å². The number of para-hydroxylation sites is 1. The first-order valence-electron chi connectivity index (χ1n) is 10.2. The van der Waals surface area contributed by atoms with Crippen molar-refractivity contribution in [2.45, 2.75) is 53.0 Å². The molecule has 0 saturated heterocycles. The summed E-state index contributed by atoms with van der Waals surface area (Å²) in [5.41, 5.74) is 2.85. The molecule has 0 saturated carbocycles. The molecule has 29 heavy (non-hydrogen) atoms. The highest BCUT2D eigenvalue weighted by atomic mass is 35.5. The molecule has 0 spiro atoms.